The van der Waals surface area contributed by atoms with Gasteiger partial charge in [0.05, 0.1) is 0 Å². The van der Waals surface area contributed by atoms with Crippen molar-refractivity contribution in [1.82, 2.24) is 4.90 Å². The highest BCUT2D eigenvalue weighted by molar-refractivity contribution is 4.92. The van der Waals surface area contributed by atoms with Crippen molar-refractivity contribution in [3.05, 3.63) is 0 Å². The van der Waals surface area contributed by atoms with Crippen LogP contribution in [0.1, 0.15) is 32.6 Å². The molecule has 13 heavy (non-hydrogen) atoms. The fraction of sp³-hybridized carbons (Fsp3) is 1.00. The molecule has 0 aromatic heterocycles. The first-order chi connectivity index (χ1) is 6.35. The van der Waals surface area contributed by atoms with Crippen molar-refractivity contribution in [3.63, 3.8) is 0 Å². The van der Waals surface area contributed by atoms with Crippen LogP contribution in [0.2, 0.25) is 0 Å². The Bertz CT molecular complexity index is 169. The van der Waals surface area contributed by atoms with Gasteiger partial charge in [-0.1, -0.05) is 6.92 Å². The minimum Gasteiger partial charge on any atom is -0.330 e. The van der Waals surface area contributed by atoms with Gasteiger partial charge in [0.1, 0.15) is 0 Å². The van der Waals surface area contributed by atoms with E-state index in [0.29, 0.717) is 0 Å². The maximum Gasteiger partial charge on any atom is 0.00985 e. The maximum atomic E-state index is 5.64. The number of nitrogens with zero attached hydrogens (tertiary/aromatic N) is 1. The third-order valence-electron chi connectivity index (χ3n) is 4.04. The van der Waals surface area contributed by atoms with Gasteiger partial charge in [-0.05, 0) is 50.6 Å². The number of hydrogen-bond donors (Lipinski definition) is 1. The van der Waals surface area contributed by atoms with E-state index in [9.17, 15) is 0 Å². The van der Waals surface area contributed by atoms with Crippen molar-refractivity contribution in [2.45, 2.75) is 38.6 Å². The SMILES string of the molecule is CCN1CC2CC1CCC2CCN. The highest BCUT2D eigenvalue weighted by atomic mass is 15.2. The second-order valence-electron chi connectivity index (χ2n) is 4.65. The van der Waals surface area contributed by atoms with E-state index >= 15 is 0 Å². The Balaban J connectivity index is 1.94. The summed E-state index contributed by atoms with van der Waals surface area (Å²) < 4.78 is 0. The Kier molecular flexibility index (Phi) is 2.89. The molecule has 0 aromatic rings. The standard InChI is InChI=1S/C11H22N2/c1-2-13-8-10-7-11(13)4-3-9(10)5-6-12/h9-11H,2-8,12H2,1H3. The average Bonchev–Trinajstić information content (AvgIpc) is 2.49. The summed E-state index contributed by atoms with van der Waals surface area (Å²) in [5, 5.41) is 0. The Labute approximate surface area is 81.5 Å². The highest BCUT2D eigenvalue weighted by Crippen LogP contribution is 2.40. The van der Waals surface area contributed by atoms with Crippen LogP contribution in [-0.4, -0.2) is 30.6 Å². The van der Waals surface area contributed by atoms with Gasteiger partial charge in [-0.3, -0.25) is 0 Å². The Morgan fingerprint density at radius 3 is 2.92 bits per heavy atom. The smallest absolute Gasteiger partial charge is 0.00985 e. The summed E-state index contributed by atoms with van der Waals surface area (Å²) in [4.78, 5) is 2.67. The molecule has 0 aromatic carbocycles. The zero-order valence-corrected chi connectivity index (χ0v) is 8.71. The van der Waals surface area contributed by atoms with Gasteiger partial charge in [-0.15, -0.1) is 0 Å². The molecule has 3 unspecified atom stereocenters. The topological polar surface area (TPSA) is 29.3 Å². The lowest BCUT2D eigenvalue weighted by atomic mass is 9.78. The van der Waals surface area contributed by atoms with Crippen LogP contribution in [-0.2, 0) is 0 Å². The molecular weight excluding hydrogens is 160 g/mol. The highest BCUT2D eigenvalue weighted by Gasteiger charge is 2.39. The molecule has 2 aliphatic rings. The summed E-state index contributed by atoms with van der Waals surface area (Å²) in [7, 11) is 0. The van der Waals surface area contributed by atoms with Gasteiger partial charge in [0.25, 0.3) is 0 Å². The van der Waals surface area contributed by atoms with Gasteiger partial charge in [-0.2, -0.15) is 0 Å². The van der Waals surface area contributed by atoms with Crippen LogP contribution in [0.15, 0.2) is 0 Å². The summed E-state index contributed by atoms with van der Waals surface area (Å²) in [6, 6.07) is 0.920. The largest absolute Gasteiger partial charge is 0.330 e. The number of nitrogens with two attached hydrogens (primary N) is 1. The molecular formula is C11H22N2. The predicted molar refractivity (Wildman–Crippen MR) is 55.5 cm³/mol. The molecule has 1 aliphatic carbocycles. The molecule has 0 radical (unpaired) electrons. The van der Waals surface area contributed by atoms with Gasteiger partial charge < -0.3 is 10.6 Å². The van der Waals surface area contributed by atoms with Crippen molar-refractivity contribution in [2.24, 2.45) is 17.6 Å². The van der Waals surface area contributed by atoms with Crippen LogP contribution in [0.5, 0.6) is 0 Å². The zero-order valence-electron chi connectivity index (χ0n) is 8.71. The predicted octanol–water partition coefficient (Wildman–Crippen LogP) is 1.46. The first-order valence-corrected chi connectivity index (χ1v) is 5.79. The third-order valence-corrected chi connectivity index (χ3v) is 4.04. The molecule has 2 bridgehead atoms. The van der Waals surface area contributed by atoms with E-state index in [4.69, 9.17) is 5.73 Å². The maximum absolute atomic E-state index is 5.64. The average molecular weight is 182 g/mol. The van der Waals surface area contributed by atoms with Crippen LogP contribution in [0.25, 0.3) is 0 Å². The molecule has 2 heteroatoms. The normalized spacial score (nSPS) is 39.7. The van der Waals surface area contributed by atoms with Gasteiger partial charge in [0, 0.05) is 12.6 Å². The van der Waals surface area contributed by atoms with Crippen LogP contribution in [0.3, 0.4) is 0 Å². The fourth-order valence-corrected chi connectivity index (χ4v) is 3.29. The van der Waals surface area contributed by atoms with E-state index in [2.05, 4.69) is 11.8 Å². The molecule has 1 saturated carbocycles. The lowest BCUT2D eigenvalue weighted by Crippen LogP contribution is -2.28. The van der Waals surface area contributed by atoms with Crippen molar-refractivity contribution in [2.75, 3.05) is 19.6 Å². The van der Waals surface area contributed by atoms with Crippen LogP contribution >= 0.6 is 0 Å². The summed E-state index contributed by atoms with van der Waals surface area (Å²) in [5.41, 5.74) is 5.64. The molecule has 2 fully saturated rings. The molecule has 1 saturated heterocycles. The van der Waals surface area contributed by atoms with Crippen molar-refractivity contribution in [3.8, 4) is 0 Å². The molecule has 1 heterocycles. The molecule has 3 atom stereocenters. The van der Waals surface area contributed by atoms with Crippen molar-refractivity contribution >= 4 is 0 Å². The molecule has 0 spiro atoms. The molecule has 2 rings (SSSR count). The van der Waals surface area contributed by atoms with Crippen molar-refractivity contribution in [1.29, 1.82) is 0 Å². The van der Waals surface area contributed by atoms with Gasteiger partial charge in [0.2, 0.25) is 0 Å². The van der Waals surface area contributed by atoms with Gasteiger partial charge >= 0.3 is 0 Å². The van der Waals surface area contributed by atoms with E-state index < -0.39 is 0 Å². The second-order valence-corrected chi connectivity index (χ2v) is 4.65. The number of likely N-dealkylation sites (tertiary alicyclic amines) is 1. The lowest BCUT2D eigenvalue weighted by molar-refractivity contribution is 0.239. The van der Waals surface area contributed by atoms with Gasteiger partial charge in [0.15, 0.2) is 0 Å². The second kappa shape index (κ2) is 3.97. The first-order valence-electron chi connectivity index (χ1n) is 5.79. The zero-order chi connectivity index (χ0) is 9.26. The Morgan fingerprint density at radius 2 is 2.23 bits per heavy atom. The number of fused-ring (bicyclic) bond motifs is 2. The molecule has 76 valence electrons. The quantitative estimate of drug-likeness (QED) is 0.716. The first kappa shape index (κ1) is 9.47. The summed E-state index contributed by atoms with van der Waals surface area (Å²) in [5.74, 6) is 1.92. The van der Waals surface area contributed by atoms with E-state index in [-0.39, 0.29) is 0 Å². The van der Waals surface area contributed by atoms with E-state index in [1.807, 2.05) is 0 Å². The van der Waals surface area contributed by atoms with Crippen molar-refractivity contribution < 1.29 is 0 Å². The van der Waals surface area contributed by atoms with Gasteiger partial charge in [-0.25, -0.2) is 0 Å². The Morgan fingerprint density at radius 1 is 1.38 bits per heavy atom. The third kappa shape index (κ3) is 1.75. The van der Waals surface area contributed by atoms with E-state index in [0.717, 1.165) is 24.4 Å². The summed E-state index contributed by atoms with van der Waals surface area (Å²) in [6.07, 6.45) is 5.57. The molecule has 2 nitrogen and oxygen atoms in total. The lowest BCUT2D eigenvalue weighted by Gasteiger charge is -2.28. The molecule has 2 N–H and O–H groups in total. The molecule has 0 amide bonds. The summed E-state index contributed by atoms with van der Waals surface area (Å²) >= 11 is 0. The number of hydrogen-bond acceptors (Lipinski definition) is 2. The monoisotopic (exact) mass is 182 g/mol. The minimum absolute atomic E-state index is 0.887. The Hall–Kier alpha value is -0.0800. The van der Waals surface area contributed by atoms with E-state index in [1.165, 1.54) is 38.8 Å². The number of rotatable bonds is 3. The molecule has 1 aliphatic heterocycles. The van der Waals surface area contributed by atoms with Crippen LogP contribution in [0, 0.1) is 11.8 Å². The van der Waals surface area contributed by atoms with E-state index in [1.54, 1.807) is 0 Å². The van der Waals surface area contributed by atoms with Crippen LogP contribution in [0.4, 0.5) is 0 Å². The minimum atomic E-state index is 0.887. The summed E-state index contributed by atoms with van der Waals surface area (Å²) in [6.45, 7) is 5.78. The van der Waals surface area contributed by atoms with Crippen LogP contribution < -0.4 is 5.73 Å². The fourth-order valence-electron chi connectivity index (χ4n) is 3.29.